The number of carbonyl (C=O) groups is 1. The number of rotatable bonds is 5. The number of nitrogens with zero attached hydrogens (tertiary/aromatic N) is 3. The van der Waals surface area contributed by atoms with Crippen molar-refractivity contribution < 1.29 is 14.3 Å². The van der Waals surface area contributed by atoms with Crippen LogP contribution in [0, 0.1) is 0 Å². The molecule has 1 amide bonds. The third-order valence-corrected chi connectivity index (χ3v) is 5.79. The summed E-state index contributed by atoms with van der Waals surface area (Å²) < 4.78 is 15.4. The molecule has 1 saturated heterocycles. The van der Waals surface area contributed by atoms with E-state index in [9.17, 15) is 14.4 Å². The van der Waals surface area contributed by atoms with E-state index in [1.54, 1.807) is 30.9 Å². The summed E-state index contributed by atoms with van der Waals surface area (Å²) in [6, 6.07) is 5.45. The number of benzene rings is 1. The quantitative estimate of drug-likeness (QED) is 0.650. The number of carbonyl (C=O) groups excluding carboxylic acids is 1. The van der Waals surface area contributed by atoms with E-state index in [-0.39, 0.29) is 30.7 Å². The number of nitrogens with one attached hydrogen (secondary N) is 1. The molecule has 0 aliphatic carbocycles. The first-order valence-electron chi connectivity index (χ1n) is 10.8. The van der Waals surface area contributed by atoms with E-state index in [1.165, 1.54) is 9.13 Å². The third-order valence-electron chi connectivity index (χ3n) is 5.79. The Balaban J connectivity index is 2.00. The van der Waals surface area contributed by atoms with Crippen LogP contribution in [0.25, 0.3) is 21.9 Å². The molecule has 0 radical (unpaired) electrons. The van der Waals surface area contributed by atoms with Crippen LogP contribution in [0.15, 0.2) is 27.8 Å². The van der Waals surface area contributed by atoms with Gasteiger partial charge in [0.25, 0.3) is 5.56 Å². The molecule has 1 fully saturated rings. The van der Waals surface area contributed by atoms with Crippen molar-refractivity contribution in [3.63, 3.8) is 0 Å². The molecule has 1 unspecified atom stereocenters. The Hall–Kier alpha value is -3.07. The maximum Gasteiger partial charge on any atom is 0.332 e. The highest BCUT2D eigenvalue weighted by Crippen LogP contribution is 2.29. The Morgan fingerprint density at radius 3 is 2.59 bits per heavy atom. The Morgan fingerprint density at radius 1 is 1.22 bits per heavy atom. The number of hydrogen-bond donors (Lipinski definition) is 1. The first-order chi connectivity index (χ1) is 15.1. The van der Waals surface area contributed by atoms with Gasteiger partial charge in [-0.15, -0.1) is 0 Å². The molecular weight excluding hydrogens is 412 g/mol. The minimum absolute atomic E-state index is 0.166. The largest absolute Gasteiger partial charge is 0.497 e. The fourth-order valence-corrected chi connectivity index (χ4v) is 4.41. The van der Waals surface area contributed by atoms with Gasteiger partial charge in [0, 0.05) is 24.6 Å². The molecule has 172 valence electrons. The van der Waals surface area contributed by atoms with E-state index in [0.29, 0.717) is 28.8 Å². The van der Waals surface area contributed by atoms with Crippen LogP contribution in [0.4, 0.5) is 0 Å². The zero-order valence-corrected chi connectivity index (χ0v) is 19.2. The number of aryl methyl sites for hydroxylation is 1. The smallest absolute Gasteiger partial charge is 0.332 e. The molecule has 1 aliphatic heterocycles. The lowest BCUT2D eigenvalue weighted by atomic mass is 10.1. The molecule has 0 spiro atoms. The summed E-state index contributed by atoms with van der Waals surface area (Å²) in [6.07, 6.45) is 1.50. The van der Waals surface area contributed by atoms with E-state index in [4.69, 9.17) is 9.47 Å². The molecule has 4 rings (SSSR count). The minimum Gasteiger partial charge on any atom is -0.497 e. The normalized spacial score (nSPS) is 16.7. The lowest BCUT2D eigenvalue weighted by Gasteiger charge is -2.21. The minimum atomic E-state index is -0.516. The van der Waals surface area contributed by atoms with Crippen LogP contribution in [0.3, 0.4) is 0 Å². The molecule has 1 aliphatic rings. The number of aromatic nitrogens is 3. The number of amides is 1. The monoisotopic (exact) mass is 442 g/mol. The van der Waals surface area contributed by atoms with Crippen LogP contribution in [-0.2, 0) is 29.7 Å². The lowest BCUT2D eigenvalue weighted by Crippen LogP contribution is -2.47. The summed E-state index contributed by atoms with van der Waals surface area (Å²) in [6.45, 7) is 6.23. The van der Waals surface area contributed by atoms with Gasteiger partial charge in [-0.3, -0.25) is 18.7 Å². The molecule has 32 heavy (non-hydrogen) atoms. The predicted molar refractivity (Wildman–Crippen MR) is 122 cm³/mol. The highest BCUT2D eigenvalue weighted by atomic mass is 16.5. The number of methoxy groups -OCH3 is 1. The fraction of sp³-hybridized carbons (Fsp3) is 0.522. The van der Waals surface area contributed by atoms with Crippen molar-refractivity contribution in [2.45, 2.75) is 58.3 Å². The zero-order valence-electron chi connectivity index (χ0n) is 19.2. The zero-order chi connectivity index (χ0) is 23.2. The Kier molecular flexibility index (Phi) is 5.62. The van der Waals surface area contributed by atoms with Crippen molar-refractivity contribution in [3.8, 4) is 5.75 Å². The summed E-state index contributed by atoms with van der Waals surface area (Å²) in [7, 11) is 3.35. The van der Waals surface area contributed by atoms with E-state index in [0.717, 1.165) is 18.4 Å². The van der Waals surface area contributed by atoms with Crippen LogP contribution in [0.5, 0.6) is 5.75 Å². The summed E-state index contributed by atoms with van der Waals surface area (Å²) in [5.41, 5.74) is 0.229. The van der Waals surface area contributed by atoms with Gasteiger partial charge < -0.3 is 19.4 Å². The molecule has 1 aromatic carbocycles. The van der Waals surface area contributed by atoms with Crippen molar-refractivity contribution in [3.05, 3.63) is 39.0 Å². The van der Waals surface area contributed by atoms with Crippen LogP contribution in [0.2, 0.25) is 0 Å². The Morgan fingerprint density at radius 2 is 1.97 bits per heavy atom. The first kappa shape index (κ1) is 22.1. The first-order valence-corrected chi connectivity index (χ1v) is 10.8. The summed E-state index contributed by atoms with van der Waals surface area (Å²) in [4.78, 5) is 39.9. The fourth-order valence-electron chi connectivity index (χ4n) is 4.41. The standard InChI is InChI=1S/C23H30N4O5/c1-23(2,3)24-18(28)13-26-19-16-11-14(31-5)8-9-17(16)25(4)20(19)21(29)27(22(26)30)12-15-7-6-10-32-15/h8-9,11,15H,6-7,10,12-13H2,1-5H3,(H,24,28). The molecule has 2 aromatic heterocycles. The highest BCUT2D eigenvalue weighted by molar-refractivity contribution is 6.06. The second kappa shape index (κ2) is 8.12. The topological polar surface area (TPSA) is 96.5 Å². The molecule has 9 heteroatoms. The van der Waals surface area contributed by atoms with Crippen molar-refractivity contribution in [1.82, 2.24) is 19.0 Å². The van der Waals surface area contributed by atoms with Gasteiger partial charge in [0.15, 0.2) is 0 Å². The third kappa shape index (κ3) is 3.92. The van der Waals surface area contributed by atoms with Crippen molar-refractivity contribution in [2.24, 2.45) is 7.05 Å². The molecule has 1 N–H and O–H groups in total. The number of hydrogen-bond acceptors (Lipinski definition) is 5. The predicted octanol–water partition coefficient (Wildman–Crippen LogP) is 1.76. The maximum absolute atomic E-state index is 13.5. The lowest BCUT2D eigenvalue weighted by molar-refractivity contribution is -0.123. The maximum atomic E-state index is 13.5. The molecule has 1 atom stereocenters. The van der Waals surface area contributed by atoms with Crippen molar-refractivity contribution in [2.75, 3.05) is 13.7 Å². The molecule has 3 aromatic rings. The van der Waals surface area contributed by atoms with Crippen molar-refractivity contribution in [1.29, 1.82) is 0 Å². The second-order valence-electron chi connectivity index (χ2n) is 9.36. The number of fused-ring (bicyclic) bond motifs is 3. The van der Waals surface area contributed by atoms with E-state index < -0.39 is 11.2 Å². The van der Waals surface area contributed by atoms with Crippen LogP contribution >= 0.6 is 0 Å². The number of ether oxygens (including phenoxy) is 2. The van der Waals surface area contributed by atoms with E-state index in [1.807, 2.05) is 26.8 Å². The molecular formula is C23H30N4O5. The molecule has 3 heterocycles. The summed E-state index contributed by atoms with van der Waals surface area (Å²) in [5, 5.41) is 3.59. The van der Waals surface area contributed by atoms with Crippen LogP contribution in [0.1, 0.15) is 33.6 Å². The van der Waals surface area contributed by atoms with Gasteiger partial charge in [0.1, 0.15) is 17.8 Å². The van der Waals surface area contributed by atoms with Gasteiger partial charge in [0.2, 0.25) is 5.91 Å². The van der Waals surface area contributed by atoms with E-state index >= 15 is 0 Å². The van der Waals surface area contributed by atoms with Crippen molar-refractivity contribution >= 4 is 27.8 Å². The van der Waals surface area contributed by atoms with Gasteiger partial charge in [-0.1, -0.05) is 0 Å². The van der Waals surface area contributed by atoms with Gasteiger partial charge in [-0.25, -0.2) is 4.79 Å². The summed E-state index contributed by atoms with van der Waals surface area (Å²) in [5.74, 6) is 0.301. The van der Waals surface area contributed by atoms with Gasteiger partial charge >= 0.3 is 5.69 Å². The SMILES string of the molecule is COc1ccc2c(c1)c1c(c(=O)n(CC3CCCO3)c(=O)n1CC(=O)NC(C)(C)C)n2C. The van der Waals surface area contributed by atoms with Gasteiger partial charge in [0.05, 0.1) is 30.8 Å². The Bertz CT molecular complexity index is 1300. The Labute approximate surface area is 185 Å². The van der Waals surface area contributed by atoms with Crippen LogP contribution < -0.4 is 21.3 Å². The van der Waals surface area contributed by atoms with Gasteiger partial charge in [-0.2, -0.15) is 0 Å². The molecule has 9 nitrogen and oxygen atoms in total. The second-order valence-corrected chi connectivity index (χ2v) is 9.36. The average molecular weight is 443 g/mol. The average Bonchev–Trinajstić information content (AvgIpc) is 3.33. The molecule has 0 bridgehead atoms. The molecule has 0 saturated carbocycles. The van der Waals surface area contributed by atoms with E-state index in [2.05, 4.69) is 5.32 Å². The summed E-state index contributed by atoms with van der Waals surface area (Å²) >= 11 is 0. The highest BCUT2D eigenvalue weighted by Gasteiger charge is 2.25. The van der Waals surface area contributed by atoms with Crippen LogP contribution in [-0.4, -0.2) is 45.0 Å². The van der Waals surface area contributed by atoms with Gasteiger partial charge in [-0.05, 0) is 51.8 Å².